The molecule has 1 atom stereocenters. The SMILES string of the molecule is OCCC1CCCN(c2ccc(C(F)(F)F)cn2)C1. The second kappa shape index (κ2) is 5.77. The maximum absolute atomic E-state index is 12.4. The lowest BCUT2D eigenvalue weighted by atomic mass is 9.95. The summed E-state index contributed by atoms with van der Waals surface area (Å²) in [5.41, 5.74) is -0.722. The fraction of sp³-hybridized carbons (Fsp3) is 0.615. The highest BCUT2D eigenvalue weighted by Gasteiger charge is 2.31. The van der Waals surface area contributed by atoms with Crippen molar-refractivity contribution in [1.29, 1.82) is 0 Å². The molecule has 1 saturated heterocycles. The van der Waals surface area contributed by atoms with Gasteiger partial charge < -0.3 is 10.0 Å². The number of piperidine rings is 1. The summed E-state index contributed by atoms with van der Waals surface area (Å²) in [6.07, 6.45) is -0.694. The van der Waals surface area contributed by atoms with E-state index >= 15 is 0 Å². The van der Waals surface area contributed by atoms with E-state index in [0.29, 0.717) is 11.7 Å². The Balaban J connectivity index is 2.05. The van der Waals surface area contributed by atoms with Gasteiger partial charge in [-0.1, -0.05) is 0 Å². The fourth-order valence-electron chi connectivity index (χ4n) is 2.43. The summed E-state index contributed by atoms with van der Waals surface area (Å²) in [6, 6.07) is 2.49. The van der Waals surface area contributed by atoms with Crippen molar-refractivity contribution in [2.24, 2.45) is 5.92 Å². The molecule has 106 valence electrons. The van der Waals surface area contributed by atoms with Crippen LogP contribution in [0.5, 0.6) is 0 Å². The predicted octanol–water partition coefficient (Wildman–Crippen LogP) is 2.70. The summed E-state index contributed by atoms with van der Waals surface area (Å²) in [7, 11) is 0. The Labute approximate surface area is 110 Å². The normalized spacial score (nSPS) is 20.6. The number of pyridine rings is 1. The molecule has 1 fully saturated rings. The molecule has 0 saturated carbocycles. The van der Waals surface area contributed by atoms with E-state index in [1.807, 2.05) is 4.90 Å². The van der Waals surface area contributed by atoms with Crippen molar-refractivity contribution >= 4 is 5.82 Å². The topological polar surface area (TPSA) is 36.4 Å². The molecule has 0 spiro atoms. The van der Waals surface area contributed by atoms with Gasteiger partial charge in [0.05, 0.1) is 5.56 Å². The molecule has 1 N–H and O–H groups in total. The molecule has 19 heavy (non-hydrogen) atoms. The zero-order chi connectivity index (χ0) is 13.9. The van der Waals surface area contributed by atoms with Crippen molar-refractivity contribution in [2.45, 2.75) is 25.4 Å². The number of halogens is 3. The predicted molar refractivity (Wildman–Crippen MR) is 65.9 cm³/mol. The summed E-state index contributed by atoms with van der Waals surface area (Å²) in [5, 5.41) is 8.94. The quantitative estimate of drug-likeness (QED) is 0.920. The Morgan fingerprint density at radius 2 is 2.16 bits per heavy atom. The summed E-state index contributed by atoms with van der Waals surface area (Å²) in [5.74, 6) is 0.971. The second-order valence-electron chi connectivity index (χ2n) is 4.87. The monoisotopic (exact) mass is 274 g/mol. The highest BCUT2D eigenvalue weighted by Crippen LogP contribution is 2.30. The van der Waals surface area contributed by atoms with Crippen molar-refractivity contribution in [3.63, 3.8) is 0 Å². The van der Waals surface area contributed by atoms with Crippen molar-refractivity contribution in [2.75, 3.05) is 24.6 Å². The average Bonchev–Trinajstić information content (AvgIpc) is 2.39. The van der Waals surface area contributed by atoms with E-state index in [2.05, 4.69) is 4.98 Å². The Morgan fingerprint density at radius 1 is 1.37 bits per heavy atom. The van der Waals surface area contributed by atoms with Crippen LogP contribution in [-0.2, 0) is 6.18 Å². The van der Waals surface area contributed by atoms with Crippen LogP contribution in [0.15, 0.2) is 18.3 Å². The zero-order valence-corrected chi connectivity index (χ0v) is 10.5. The number of aromatic nitrogens is 1. The third kappa shape index (κ3) is 3.59. The lowest BCUT2D eigenvalue weighted by molar-refractivity contribution is -0.137. The van der Waals surface area contributed by atoms with E-state index in [1.165, 1.54) is 6.07 Å². The first-order valence-corrected chi connectivity index (χ1v) is 6.40. The molecule has 0 amide bonds. The van der Waals surface area contributed by atoms with E-state index in [0.717, 1.165) is 44.6 Å². The van der Waals surface area contributed by atoms with Gasteiger partial charge in [0.25, 0.3) is 0 Å². The molecule has 0 bridgehead atoms. The standard InChI is InChI=1S/C13H17F3N2O/c14-13(15,16)11-3-4-12(17-8-11)18-6-1-2-10(9-18)5-7-19/h3-4,8,10,19H,1-2,5-7,9H2. The van der Waals surface area contributed by atoms with Crippen molar-refractivity contribution in [3.05, 3.63) is 23.9 Å². The van der Waals surface area contributed by atoms with Gasteiger partial charge in [-0.15, -0.1) is 0 Å². The molecule has 1 aromatic rings. The number of rotatable bonds is 3. The number of hydrogen-bond donors (Lipinski definition) is 1. The molecular formula is C13H17F3N2O. The molecular weight excluding hydrogens is 257 g/mol. The number of aliphatic hydroxyl groups is 1. The van der Waals surface area contributed by atoms with E-state index in [-0.39, 0.29) is 6.61 Å². The largest absolute Gasteiger partial charge is 0.417 e. The lowest BCUT2D eigenvalue weighted by Gasteiger charge is -2.33. The molecule has 1 aliphatic rings. The third-order valence-electron chi connectivity index (χ3n) is 3.46. The van der Waals surface area contributed by atoms with Crippen LogP contribution in [0, 0.1) is 5.92 Å². The lowest BCUT2D eigenvalue weighted by Crippen LogP contribution is -2.36. The fourth-order valence-corrected chi connectivity index (χ4v) is 2.43. The van der Waals surface area contributed by atoms with Gasteiger partial charge in [-0.3, -0.25) is 0 Å². The Bertz CT molecular complexity index is 403. The molecule has 2 heterocycles. The molecule has 3 nitrogen and oxygen atoms in total. The number of nitrogens with zero attached hydrogens (tertiary/aromatic N) is 2. The molecule has 1 aliphatic heterocycles. The van der Waals surface area contributed by atoms with Crippen LogP contribution < -0.4 is 4.90 Å². The van der Waals surface area contributed by atoms with E-state index in [1.54, 1.807) is 0 Å². The number of alkyl halides is 3. The van der Waals surface area contributed by atoms with E-state index in [4.69, 9.17) is 5.11 Å². The summed E-state index contributed by atoms with van der Waals surface area (Å²) in [4.78, 5) is 5.90. The van der Waals surface area contributed by atoms with Crippen LogP contribution in [-0.4, -0.2) is 29.8 Å². The number of aliphatic hydroxyl groups excluding tert-OH is 1. The molecule has 2 rings (SSSR count). The minimum Gasteiger partial charge on any atom is -0.396 e. The van der Waals surface area contributed by atoms with Crippen LogP contribution in [0.3, 0.4) is 0 Å². The van der Waals surface area contributed by atoms with Crippen molar-refractivity contribution in [1.82, 2.24) is 4.98 Å². The Kier molecular flexibility index (Phi) is 4.29. The van der Waals surface area contributed by atoms with Gasteiger partial charge in [-0.05, 0) is 37.3 Å². The smallest absolute Gasteiger partial charge is 0.396 e. The minimum absolute atomic E-state index is 0.152. The summed E-state index contributed by atoms with van der Waals surface area (Å²) < 4.78 is 37.3. The molecule has 0 radical (unpaired) electrons. The average molecular weight is 274 g/mol. The first kappa shape index (κ1) is 14.1. The van der Waals surface area contributed by atoms with Crippen LogP contribution in [0.1, 0.15) is 24.8 Å². The maximum atomic E-state index is 12.4. The van der Waals surface area contributed by atoms with E-state index < -0.39 is 11.7 Å². The van der Waals surface area contributed by atoms with Crippen LogP contribution >= 0.6 is 0 Å². The molecule has 0 aliphatic carbocycles. The van der Waals surface area contributed by atoms with Gasteiger partial charge in [0.1, 0.15) is 5.82 Å². The first-order valence-electron chi connectivity index (χ1n) is 6.40. The van der Waals surface area contributed by atoms with Gasteiger partial charge >= 0.3 is 6.18 Å². The maximum Gasteiger partial charge on any atom is 0.417 e. The van der Waals surface area contributed by atoms with Gasteiger partial charge in [0, 0.05) is 25.9 Å². The molecule has 0 aromatic carbocycles. The molecule has 1 aromatic heterocycles. The van der Waals surface area contributed by atoms with Crippen LogP contribution in [0.4, 0.5) is 19.0 Å². The first-order chi connectivity index (χ1) is 9.00. The minimum atomic E-state index is -4.34. The second-order valence-corrected chi connectivity index (χ2v) is 4.87. The van der Waals surface area contributed by atoms with Crippen molar-refractivity contribution < 1.29 is 18.3 Å². The van der Waals surface area contributed by atoms with Gasteiger partial charge in [-0.25, -0.2) is 4.98 Å². The van der Waals surface area contributed by atoms with Crippen molar-refractivity contribution in [3.8, 4) is 0 Å². The van der Waals surface area contributed by atoms with E-state index in [9.17, 15) is 13.2 Å². The van der Waals surface area contributed by atoms with Gasteiger partial charge in [0.15, 0.2) is 0 Å². The summed E-state index contributed by atoms with van der Waals surface area (Å²) in [6.45, 7) is 1.71. The highest BCUT2D eigenvalue weighted by atomic mass is 19.4. The zero-order valence-electron chi connectivity index (χ0n) is 10.5. The van der Waals surface area contributed by atoms with Crippen LogP contribution in [0.2, 0.25) is 0 Å². The van der Waals surface area contributed by atoms with Gasteiger partial charge in [0.2, 0.25) is 0 Å². The molecule has 1 unspecified atom stereocenters. The highest BCUT2D eigenvalue weighted by molar-refractivity contribution is 5.40. The number of anilines is 1. The third-order valence-corrected chi connectivity index (χ3v) is 3.46. The summed E-state index contributed by atoms with van der Waals surface area (Å²) >= 11 is 0. The van der Waals surface area contributed by atoms with Crippen LogP contribution in [0.25, 0.3) is 0 Å². The Morgan fingerprint density at radius 3 is 2.74 bits per heavy atom. The number of hydrogen-bond acceptors (Lipinski definition) is 3. The molecule has 6 heteroatoms. The van der Waals surface area contributed by atoms with Gasteiger partial charge in [-0.2, -0.15) is 13.2 Å². The Hall–Kier alpha value is -1.30.